The molecule has 0 atom stereocenters. The minimum atomic E-state index is -1.73. The van der Waals surface area contributed by atoms with Crippen molar-refractivity contribution in [3.8, 4) is 0 Å². The lowest BCUT2D eigenvalue weighted by atomic mass is 10.2. The molecule has 0 radical (unpaired) electrons. The Morgan fingerprint density at radius 2 is 1.96 bits per heavy atom. The van der Waals surface area contributed by atoms with Crippen molar-refractivity contribution >= 4 is 19.4 Å². The molecule has 0 aliphatic rings. The Morgan fingerprint density at radius 1 is 1.26 bits per heavy atom. The van der Waals surface area contributed by atoms with E-state index in [1.54, 1.807) is 0 Å². The molecule has 2 rings (SSSR count). The van der Waals surface area contributed by atoms with E-state index in [1.165, 1.54) is 11.1 Å². The fraction of sp³-hybridized carbons (Fsp3) is 0.611. The first-order chi connectivity index (χ1) is 10.7. The summed E-state index contributed by atoms with van der Waals surface area (Å²) in [6.07, 6.45) is 1.08. The number of hydrogen-bond donors (Lipinski definition) is 1. The molecule has 1 aromatic carbocycles. The molecule has 0 spiro atoms. The predicted octanol–water partition coefficient (Wildman–Crippen LogP) is 4.43. The number of aromatic nitrogens is 2. The van der Waals surface area contributed by atoms with Crippen LogP contribution in [0.25, 0.3) is 11.0 Å². The Labute approximate surface area is 141 Å². The molecule has 0 unspecified atom stereocenters. The highest BCUT2D eigenvalue weighted by Gasteiger charge is 2.37. The van der Waals surface area contributed by atoms with E-state index in [2.05, 4.69) is 63.6 Å². The van der Waals surface area contributed by atoms with Crippen LogP contribution in [0.15, 0.2) is 18.2 Å². The van der Waals surface area contributed by atoms with Crippen molar-refractivity contribution in [3.05, 3.63) is 29.6 Å². The number of imidazole rings is 1. The van der Waals surface area contributed by atoms with E-state index in [9.17, 15) is 0 Å². The summed E-state index contributed by atoms with van der Waals surface area (Å²) < 4.78 is 8.55. The summed E-state index contributed by atoms with van der Waals surface area (Å²) >= 11 is 0. The van der Waals surface area contributed by atoms with Gasteiger partial charge in [-0.1, -0.05) is 33.8 Å². The van der Waals surface area contributed by atoms with E-state index in [1.807, 2.05) is 0 Å². The van der Waals surface area contributed by atoms with Gasteiger partial charge in [-0.2, -0.15) is 0 Å². The van der Waals surface area contributed by atoms with Gasteiger partial charge in [-0.05, 0) is 42.2 Å². The zero-order chi connectivity index (χ0) is 17.3. The summed E-state index contributed by atoms with van der Waals surface area (Å²) in [4.78, 5) is 4.70. The van der Waals surface area contributed by atoms with Crippen LogP contribution in [0.3, 0.4) is 0 Å². The number of nitrogens with two attached hydrogens (primary N) is 1. The van der Waals surface area contributed by atoms with Crippen molar-refractivity contribution in [2.45, 2.75) is 71.9 Å². The zero-order valence-electron chi connectivity index (χ0n) is 15.4. The van der Waals surface area contributed by atoms with Crippen LogP contribution in [0, 0.1) is 0 Å². The largest absolute Gasteiger partial charge is 0.413 e. The Bertz CT molecular complexity index is 671. The van der Waals surface area contributed by atoms with Gasteiger partial charge in [-0.3, -0.25) is 0 Å². The second kappa shape index (κ2) is 6.75. The summed E-state index contributed by atoms with van der Waals surface area (Å²) in [6.45, 7) is 15.6. The van der Waals surface area contributed by atoms with Gasteiger partial charge < -0.3 is 14.7 Å². The van der Waals surface area contributed by atoms with Crippen LogP contribution < -0.4 is 5.73 Å². The summed E-state index contributed by atoms with van der Waals surface area (Å²) in [6, 6.07) is 6.46. The second-order valence-corrected chi connectivity index (χ2v) is 12.6. The number of rotatable bonds is 6. The molecule has 1 aromatic heterocycles. The average Bonchev–Trinajstić information content (AvgIpc) is 2.82. The lowest BCUT2D eigenvalue weighted by Crippen LogP contribution is -2.40. The maximum absolute atomic E-state index is 6.32. The smallest absolute Gasteiger partial charge is 0.192 e. The van der Waals surface area contributed by atoms with E-state index in [-0.39, 0.29) is 5.04 Å². The highest BCUT2D eigenvalue weighted by Crippen LogP contribution is 2.37. The van der Waals surface area contributed by atoms with Crippen molar-refractivity contribution in [1.29, 1.82) is 0 Å². The average molecular weight is 334 g/mol. The molecule has 4 nitrogen and oxygen atoms in total. The number of hydrogen-bond acceptors (Lipinski definition) is 3. The zero-order valence-corrected chi connectivity index (χ0v) is 16.4. The van der Waals surface area contributed by atoms with Gasteiger partial charge in [-0.25, -0.2) is 4.98 Å². The van der Waals surface area contributed by atoms with E-state index >= 15 is 0 Å². The third-order valence-corrected chi connectivity index (χ3v) is 9.41. The monoisotopic (exact) mass is 333 g/mol. The first-order valence-corrected chi connectivity index (χ1v) is 11.4. The Balaban J connectivity index is 2.24. The molecule has 0 bridgehead atoms. The highest BCUT2D eigenvalue weighted by atomic mass is 28.4. The van der Waals surface area contributed by atoms with Crippen molar-refractivity contribution < 1.29 is 4.43 Å². The molecule has 0 fully saturated rings. The van der Waals surface area contributed by atoms with Crippen molar-refractivity contribution in [1.82, 2.24) is 9.55 Å². The molecule has 1 heterocycles. The minimum absolute atomic E-state index is 0.229. The fourth-order valence-corrected chi connectivity index (χ4v) is 3.38. The lowest BCUT2D eigenvalue weighted by molar-refractivity contribution is 0.276. The quantitative estimate of drug-likeness (QED) is 0.796. The Hall–Kier alpha value is -1.17. The summed E-state index contributed by atoms with van der Waals surface area (Å²) in [5, 5.41) is 0.229. The van der Waals surface area contributed by atoms with Crippen LogP contribution in [0.4, 0.5) is 0 Å². The van der Waals surface area contributed by atoms with Gasteiger partial charge in [0.05, 0.1) is 24.2 Å². The third-order valence-electron chi connectivity index (χ3n) is 4.93. The van der Waals surface area contributed by atoms with Crippen molar-refractivity contribution in [2.24, 2.45) is 5.73 Å². The van der Waals surface area contributed by atoms with Crippen molar-refractivity contribution in [3.63, 3.8) is 0 Å². The highest BCUT2D eigenvalue weighted by molar-refractivity contribution is 6.74. The van der Waals surface area contributed by atoms with E-state index in [4.69, 9.17) is 15.1 Å². The molecule has 23 heavy (non-hydrogen) atoms. The second-order valence-electron chi connectivity index (χ2n) is 7.76. The maximum atomic E-state index is 6.32. The van der Waals surface area contributed by atoms with Crippen LogP contribution in [-0.4, -0.2) is 17.9 Å². The molecule has 2 N–H and O–H groups in total. The maximum Gasteiger partial charge on any atom is 0.192 e. The summed E-state index contributed by atoms with van der Waals surface area (Å²) in [5.41, 5.74) is 9.22. The van der Waals surface area contributed by atoms with Gasteiger partial charge in [0.15, 0.2) is 8.32 Å². The van der Waals surface area contributed by atoms with Gasteiger partial charge in [0.2, 0.25) is 0 Å². The fourth-order valence-electron chi connectivity index (χ4n) is 2.42. The standard InChI is InChI=1S/C18H31N3OSi/c1-7-10-21-16-9-8-14(11-15(16)20-17(21)12-19)13-22-23(5,6)18(2,3)4/h8-9,11H,7,10,12-13,19H2,1-6H3. The molecule has 5 heteroatoms. The van der Waals surface area contributed by atoms with Crippen LogP contribution in [0.1, 0.15) is 45.5 Å². The molecular formula is C18H31N3OSi. The molecular weight excluding hydrogens is 302 g/mol. The lowest BCUT2D eigenvalue weighted by Gasteiger charge is -2.36. The topological polar surface area (TPSA) is 53.1 Å². The van der Waals surface area contributed by atoms with E-state index in [0.29, 0.717) is 13.2 Å². The summed E-state index contributed by atoms with van der Waals surface area (Å²) in [5.74, 6) is 0.962. The SMILES string of the molecule is CCCn1c(CN)nc2cc(CO[Si](C)(C)C(C)(C)C)ccc21. The predicted molar refractivity (Wildman–Crippen MR) is 99.9 cm³/mol. The van der Waals surface area contributed by atoms with Gasteiger partial charge in [0.1, 0.15) is 5.82 Å². The molecule has 0 saturated heterocycles. The Kier molecular flexibility index (Phi) is 5.33. The molecule has 0 aliphatic carbocycles. The number of fused-ring (bicyclic) bond motifs is 1. The van der Waals surface area contributed by atoms with Gasteiger partial charge in [-0.15, -0.1) is 0 Å². The van der Waals surface area contributed by atoms with Crippen LogP contribution in [0.2, 0.25) is 18.1 Å². The molecule has 0 amide bonds. The molecule has 0 saturated carbocycles. The van der Waals surface area contributed by atoms with Crippen LogP contribution in [0.5, 0.6) is 0 Å². The molecule has 128 valence electrons. The van der Waals surface area contributed by atoms with Crippen LogP contribution >= 0.6 is 0 Å². The summed E-state index contributed by atoms with van der Waals surface area (Å²) in [7, 11) is -1.73. The third kappa shape index (κ3) is 3.84. The molecule has 2 aromatic rings. The number of nitrogens with zero attached hydrogens (tertiary/aromatic N) is 2. The number of benzene rings is 1. The van der Waals surface area contributed by atoms with Gasteiger partial charge >= 0.3 is 0 Å². The minimum Gasteiger partial charge on any atom is -0.413 e. The van der Waals surface area contributed by atoms with E-state index in [0.717, 1.165) is 24.3 Å². The van der Waals surface area contributed by atoms with Crippen LogP contribution in [-0.2, 0) is 24.1 Å². The first kappa shape index (κ1) is 18.2. The van der Waals surface area contributed by atoms with Crippen molar-refractivity contribution in [2.75, 3.05) is 0 Å². The molecule has 0 aliphatic heterocycles. The van der Waals surface area contributed by atoms with Gasteiger partial charge in [0, 0.05) is 6.54 Å². The van der Waals surface area contributed by atoms with E-state index < -0.39 is 8.32 Å². The Morgan fingerprint density at radius 3 is 2.52 bits per heavy atom. The number of aryl methyl sites for hydroxylation is 1. The normalized spacial score (nSPS) is 13.0. The first-order valence-electron chi connectivity index (χ1n) is 8.51. The van der Waals surface area contributed by atoms with Gasteiger partial charge in [0.25, 0.3) is 0 Å².